The molecule has 0 heterocycles. The zero-order chi connectivity index (χ0) is 14.7. The highest BCUT2D eigenvalue weighted by atomic mass is 16.1. The molecule has 0 rings (SSSR count). The van der Waals surface area contributed by atoms with Gasteiger partial charge in [-0.25, -0.2) is 0 Å². The SMILES string of the molecule is CC(C)N(CCNC(=O)CCCCCCN)C(C)C. The van der Waals surface area contributed by atoms with Gasteiger partial charge in [-0.05, 0) is 47.1 Å². The van der Waals surface area contributed by atoms with E-state index in [1.54, 1.807) is 0 Å². The molecule has 0 radical (unpaired) electrons. The van der Waals surface area contributed by atoms with Gasteiger partial charge in [0.05, 0.1) is 0 Å². The van der Waals surface area contributed by atoms with E-state index in [0.29, 0.717) is 18.5 Å². The molecule has 0 bridgehead atoms. The normalized spacial score (nSPS) is 11.6. The van der Waals surface area contributed by atoms with E-state index in [-0.39, 0.29) is 5.91 Å². The van der Waals surface area contributed by atoms with Crippen molar-refractivity contribution >= 4 is 5.91 Å². The predicted octanol–water partition coefficient (Wildman–Crippen LogP) is 2.13. The Morgan fingerprint density at radius 3 is 2.16 bits per heavy atom. The minimum absolute atomic E-state index is 0.181. The quantitative estimate of drug-likeness (QED) is 0.566. The number of nitrogens with zero attached hydrogens (tertiary/aromatic N) is 1. The summed E-state index contributed by atoms with van der Waals surface area (Å²) in [7, 11) is 0. The monoisotopic (exact) mass is 271 g/mol. The lowest BCUT2D eigenvalue weighted by molar-refractivity contribution is -0.121. The van der Waals surface area contributed by atoms with Crippen LogP contribution in [-0.2, 0) is 4.79 Å². The van der Waals surface area contributed by atoms with Gasteiger partial charge in [0.25, 0.3) is 0 Å². The highest BCUT2D eigenvalue weighted by Gasteiger charge is 2.12. The van der Waals surface area contributed by atoms with Crippen molar-refractivity contribution in [3.8, 4) is 0 Å². The maximum absolute atomic E-state index is 11.6. The first kappa shape index (κ1) is 18.4. The molecule has 114 valence electrons. The first-order chi connectivity index (χ1) is 8.99. The maximum atomic E-state index is 11.6. The Hall–Kier alpha value is -0.610. The number of carbonyl (C=O) groups is 1. The third-order valence-corrected chi connectivity index (χ3v) is 3.38. The van der Waals surface area contributed by atoms with Crippen molar-refractivity contribution in [3.05, 3.63) is 0 Å². The van der Waals surface area contributed by atoms with Gasteiger partial charge in [0, 0.05) is 31.6 Å². The molecule has 1 amide bonds. The van der Waals surface area contributed by atoms with Gasteiger partial charge in [-0.1, -0.05) is 12.8 Å². The summed E-state index contributed by atoms with van der Waals surface area (Å²) in [5.41, 5.74) is 5.43. The van der Waals surface area contributed by atoms with Gasteiger partial charge in [0.15, 0.2) is 0 Å². The average Bonchev–Trinajstić information content (AvgIpc) is 2.33. The minimum Gasteiger partial charge on any atom is -0.355 e. The van der Waals surface area contributed by atoms with E-state index in [1.165, 1.54) is 0 Å². The van der Waals surface area contributed by atoms with Crippen molar-refractivity contribution in [3.63, 3.8) is 0 Å². The fraction of sp³-hybridized carbons (Fsp3) is 0.933. The Balaban J connectivity index is 3.61. The van der Waals surface area contributed by atoms with Gasteiger partial charge in [-0.3, -0.25) is 9.69 Å². The summed E-state index contributed by atoms with van der Waals surface area (Å²) < 4.78 is 0. The Morgan fingerprint density at radius 2 is 1.63 bits per heavy atom. The molecule has 0 aliphatic carbocycles. The molecule has 0 aliphatic rings. The summed E-state index contributed by atoms with van der Waals surface area (Å²) in [6, 6.07) is 1.04. The van der Waals surface area contributed by atoms with Gasteiger partial charge in [0.2, 0.25) is 5.91 Å². The predicted molar refractivity (Wildman–Crippen MR) is 82.1 cm³/mol. The fourth-order valence-electron chi connectivity index (χ4n) is 2.31. The molecule has 0 saturated carbocycles. The molecule has 0 aliphatic heterocycles. The number of carbonyl (C=O) groups excluding carboxylic acids is 1. The van der Waals surface area contributed by atoms with Crippen molar-refractivity contribution in [1.29, 1.82) is 0 Å². The van der Waals surface area contributed by atoms with Crippen molar-refractivity contribution in [1.82, 2.24) is 10.2 Å². The highest BCUT2D eigenvalue weighted by molar-refractivity contribution is 5.75. The van der Waals surface area contributed by atoms with Crippen LogP contribution < -0.4 is 11.1 Å². The van der Waals surface area contributed by atoms with Gasteiger partial charge in [-0.2, -0.15) is 0 Å². The third-order valence-electron chi connectivity index (χ3n) is 3.38. The van der Waals surface area contributed by atoms with E-state index < -0.39 is 0 Å². The standard InChI is InChI=1S/C15H33N3O/c1-13(2)18(14(3)4)12-11-17-15(19)9-7-5-6-8-10-16/h13-14H,5-12,16H2,1-4H3,(H,17,19). The third kappa shape index (κ3) is 9.91. The number of hydrogen-bond acceptors (Lipinski definition) is 3. The zero-order valence-electron chi connectivity index (χ0n) is 13.2. The first-order valence-electron chi connectivity index (χ1n) is 7.71. The Bertz CT molecular complexity index is 221. The van der Waals surface area contributed by atoms with Gasteiger partial charge >= 0.3 is 0 Å². The van der Waals surface area contributed by atoms with E-state index in [2.05, 4.69) is 37.9 Å². The summed E-state index contributed by atoms with van der Waals surface area (Å²) in [5, 5.41) is 3.01. The summed E-state index contributed by atoms with van der Waals surface area (Å²) in [5.74, 6) is 0.181. The molecule has 0 atom stereocenters. The molecular formula is C15H33N3O. The van der Waals surface area contributed by atoms with Crippen LogP contribution in [0.5, 0.6) is 0 Å². The van der Waals surface area contributed by atoms with Gasteiger partial charge < -0.3 is 11.1 Å². The lowest BCUT2D eigenvalue weighted by atomic mass is 10.1. The van der Waals surface area contributed by atoms with Crippen molar-refractivity contribution in [2.24, 2.45) is 5.73 Å². The van der Waals surface area contributed by atoms with Crippen molar-refractivity contribution in [2.75, 3.05) is 19.6 Å². The number of rotatable bonds is 11. The molecule has 4 heteroatoms. The van der Waals surface area contributed by atoms with Crippen LogP contribution in [0.1, 0.15) is 59.8 Å². The van der Waals surface area contributed by atoms with Crippen LogP contribution >= 0.6 is 0 Å². The maximum Gasteiger partial charge on any atom is 0.220 e. The number of nitrogens with one attached hydrogen (secondary N) is 1. The Kier molecular flexibility index (Phi) is 10.9. The first-order valence-corrected chi connectivity index (χ1v) is 7.71. The number of amides is 1. The van der Waals surface area contributed by atoms with E-state index in [4.69, 9.17) is 5.73 Å². The molecule has 19 heavy (non-hydrogen) atoms. The van der Waals surface area contributed by atoms with Crippen molar-refractivity contribution < 1.29 is 4.79 Å². The number of nitrogens with two attached hydrogens (primary N) is 1. The van der Waals surface area contributed by atoms with Crippen LogP contribution in [0.15, 0.2) is 0 Å². The van der Waals surface area contributed by atoms with E-state index in [1.807, 2.05) is 0 Å². The van der Waals surface area contributed by atoms with Gasteiger partial charge in [0.1, 0.15) is 0 Å². The lowest BCUT2D eigenvalue weighted by Crippen LogP contribution is -2.42. The molecule has 0 unspecified atom stereocenters. The van der Waals surface area contributed by atoms with Gasteiger partial charge in [-0.15, -0.1) is 0 Å². The molecule has 0 saturated heterocycles. The summed E-state index contributed by atoms with van der Waals surface area (Å²) >= 11 is 0. The smallest absolute Gasteiger partial charge is 0.220 e. The number of hydrogen-bond donors (Lipinski definition) is 2. The lowest BCUT2D eigenvalue weighted by Gasteiger charge is -2.30. The summed E-state index contributed by atoms with van der Waals surface area (Å²) in [6.45, 7) is 11.2. The van der Waals surface area contributed by atoms with Crippen LogP contribution in [0.25, 0.3) is 0 Å². The molecule has 0 aromatic heterocycles. The average molecular weight is 271 g/mol. The second-order valence-corrected chi connectivity index (χ2v) is 5.73. The summed E-state index contributed by atoms with van der Waals surface area (Å²) in [6.07, 6.45) is 4.93. The largest absolute Gasteiger partial charge is 0.355 e. The van der Waals surface area contributed by atoms with Crippen molar-refractivity contribution in [2.45, 2.75) is 71.9 Å². The molecule has 4 nitrogen and oxygen atoms in total. The molecular weight excluding hydrogens is 238 g/mol. The van der Waals surface area contributed by atoms with Crippen LogP contribution in [0, 0.1) is 0 Å². The molecule has 0 fully saturated rings. The highest BCUT2D eigenvalue weighted by Crippen LogP contribution is 2.04. The zero-order valence-corrected chi connectivity index (χ0v) is 13.2. The molecule has 0 aromatic rings. The van der Waals surface area contributed by atoms with Crippen LogP contribution in [0.4, 0.5) is 0 Å². The molecule has 3 N–H and O–H groups in total. The topological polar surface area (TPSA) is 58.4 Å². The second kappa shape index (κ2) is 11.2. The molecule has 0 aromatic carbocycles. The Morgan fingerprint density at radius 1 is 1.05 bits per heavy atom. The van der Waals surface area contributed by atoms with E-state index >= 15 is 0 Å². The van der Waals surface area contributed by atoms with Crippen LogP contribution in [0.2, 0.25) is 0 Å². The van der Waals surface area contributed by atoms with Crippen LogP contribution in [-0.4, -0.2) is 42.5 Å². The fourth-order valence-corrected chi connectivity index (χ4v) is 2.31. The summed E-state index contributed by atoms with van der Waals surface area (Å²) in [4.78, 5) is 14.0. The molecule has 0 spiro atoms. The minimum atomic E-state index is 0.181. The number of unbranched alkanes of at least 4 members (excludes halogenated alkanes) is 3. The second-order valence-electron chi connectivity index (χ2n) is 5.73. The van der Waals surface area contributed by atoms with E-state index in [9.17, 15) is 4.79 Å². The van der Waals surface area contributed by atoms with E-state index in [0.717, 1.165) is 45.3 Å². The Labute approximate surface area is 119 Å². The van der Waals surface area contributed by atoms with Crippen LogP contribution in [0.3, 0.4) is 0 Å².